The lowest BCUT2D eigenvalue weighted by molar-refractivity contribution is -0.110. The van der Waals surface area contributed by atoms with E-state index in [1.54, 1.807) is 0 Å². The summed E-state index contributed by atoms with van der Waals surface area (Å²) in [6.45, 7) is 11.7. The highest BCUT2D eigenvalue weighted by molar-refractivity contribution is 6.74. The third-order valence-corrected chi connectivity index (χ3v) is 9.17. The molecule has 126 valence electrons. The lowest BCUT2D eigenvalue weighted by Crippen LogP contribution is -2.40. The molecule has 0 unspecified atom stereocenters. The molecule has 0 spiro atoms. The van der Waals surface area contributed by atoms with Crippen molar-refractivity contribution in [2.45, 2.75) is 45.5 Å². The summed E-state index contributed by atoms with van der Waals surface area (Å²) >= 11 is 0. The van der Waals surface area contributed by atoms with Gasteiger partial charge in [0.25, 0.3) is 5.91 Å². The summed E-state index contributed by atoms with van der Waals surface area (Å²) in [5.74, 6) is -0.0477. The molecule has 5 heteroatoms. The van der Waals surface area contributed by atoms with Crippen LogP contribution in [0.4, 0.5) is 5.69 Å². The molecule has 1 aromatic rings. The Labute approximate surface area is 140 Å². The summed E-state index contributed by atoms with van der Waals surface area (Å²) in [5.41, 5.74) is 3.63. The molecule has 0 fully saturated rings. The van der Waals surface area contributed by atoms with Crippen LogP contribution in [0.2, 0.25) is 18.1 Å². The topological polar surface area (TPSA) is 41.6 Å². The Morgan fingerprint density at radius 1 is 1.26 bits per heavy atom. The second kappa shape index (κ2) is 6.13. The van der Waals surface area contributed by atoms with Crippen molar-refractivity contribution in [2.24, 2.45) is 0 Å². The number of rotatable bonds is 4. The smallest absolute Gasteiger partial charge is 0.257 e. The third-order valence-electron chi connectivity index (χ3n) is 4.69. The van der Waals surface area contributed by atoms with Crippen LogP contribution in [0, 0.1) is 0 Å². The molecule has 0 radical (unpaired) electrons. The maximum atomic E-state index is 12.2. The van der Waals surface area contributed by atoms with Crippen molar-refractivity contribution < 1.29 is 9.22 Å². The van der Waals surface area contributed by atoms with Crippen molar-refractivity contribution in [1.29, 1.82) is 0 Å². The molecular weight excluding hydrogens is 304 g/mol. The standard InChI is InChI=1S/C18H28N2O2Si/c1-18(2,3)23(6,7)22-12-13-9-8-10-15-16(13)14(11-20(4)5)17(21)19-15/h8-11H,12H2,1-7H3,(H,19,21). The van der Waals surface area contributed by atoms with Gasteiger partial charge in [-0.05, 0) is 29.8 Å². The van der Waals surface area contributed by atoms with Crippen LogP contribution >= 0.6 is 0 Å². The van der Waals surface area contributed by atoms with E-state index in [2.05, 4.69) is 45.2 Å². The van der Waals surface area contributed by atoms with E-state index < -0.39 is 8.32 Å². The maximum Gasteiger partial charge on any atom is 0.257 e. The van der Waals surface area contributed by atoms with Gasteiger partial charge in [-0.25, -0.2) is 0 Å². The van der Waals surface area contributed by atoms with Crippen molar-refractivity contribution >= 4 is 25.5 Å². The van der Waals surface area contributed by atoms with E-state index in [4.69, 9.17) is 4.43 Å². The number of benzene rings is 1. The molecule has 1 N–H and O–H groups in total. The number of hydrogen-bond donors (Lipinski definition) is 1. The molecule has 0 saturated heterocycles. The predicted molar refractivity (Wildman–Crippen MR) is 98.7 cm³/mol. The van der Waals surface area contributed by atoms with E-state index >= 15 is 0 Å². The fourth-order valence-electron chi connectivity index (χ4n) is 2.30. The normalized spacial score (nSPS) is 16.5. The van der Waals surface area contributed by atoms with Crippen LogP contribution in [0.15, 0.2) is 24.4 Å². The summed E-state index contributed by atoms with van der Waals surface area (Å²) in [7, 11) is 2.02. The van der Waals surface area contributed by atoms with Gasteiger partial charge in [0.15, 0.2) is 8.32 Å². The highest BCUT2D eigenvalue weighted by Gasteiger charge is 2.37. The second-order valence-corrected chi connectivity index (χ2v) is 12.7. The van der Waals surface area contributed by atoms with Crippen LogP contribution < -0.4 is 5.32 Å². The van der Waals surface area contributed by atoms with Crippen LogP contribution in [0.3, 0.4) is 0 Å². The van der Waals surface area contributed by atoms with E-state index in [1.807, 2.05) is 37.3 Å². The van der Waals surface area contributed by atoms with Crippen molar-refractivity contribution in [1.82, 2.24) is 4.90 Å². The first-order valence-electron chi connectivity index (χ1n) is 7.99. The van der Waals surface area contributed by atoms with Gasteiger partial charge in [0, 0.05) is 31.5 Å². The number of nitrogens with zero attached hydrogens (tertiary/aromatic N) is 1. The molecule has 0 saturated carbocycles. The average molecular weight is 333 g/mol. The zero-order valence-corrected chi connectivity index (χ0v) is 16.3. The van der Waals surface area contributed by atoms with Crippen molar-refractivity contribution in [2.75, 3.05) is 19.4 Å². The molecule has 0 atom stereocenters. The zero-order valence-electron chi connectivity index (χ0n) is 15.3. The number of nitrogens with one attached hydrogen (secondary N) is 1. The first-order valence-corrected chi connectivity index (χ1v) is 10.9. The molecule has 1 aliphatic rings. The highest BCUT2D eigenvalue weighted by atomic mass is 28.4. The van der Waals surface area contributed by atoms with Gasteiger partial charge in [0.1, 0.15) is 0 Å². The number of carbonyl (C=O) groups is 1. The van der Waals surface area contributed by atoms with Gasteiger partial charge in [-0.15, -0.1) is 0 Å². The van der Waals surface area contributed by atoms with E-state index in [0.29, 0.717) is 12.2 Å². The number of carbonyl (C=O) groups excluding carboxylic acids is 1. The van der Waals surface area contributed by atoms with E-state index in [9.17, 15) is 4.79 Å². The Balaban J connectivity index is 2.34. The minimum Gasteiger partial charge on any atom is -0.413 e. The summed E-state index contributed by atoms with van der Waals surface area (Å²) in [5, 5.41) is 3.11. The summed E-state index contributed by atoms with van der Waals surface area (Å²) in [6, 6.07) is 5.97. The van der Waals surface area contributed by atoms with Crippen molar-refractivity contribution in [3.63, 3.8) is 0 Å². The molecule has 1 aliphatic heterocycles. The van der Waals surface area contributed by atoms with Gasteiger partial charge in [-0.3, -0.25) is 4.79 Å². The van der Waals surface area contributed by atoms with Crippen molar-refractivity contribution in [3.05, 3.63) is 35.5 Å². The quantitative estimate of drug-likeness (QED) is 0.668. The van der Waals surface area contributed by atoms with E-state index in [0.717, 1.165) is 16.8 Å². The molecule has 1 amide bonds. The molecule has 23 heavy (non-hydrogen) atoms. The molecule has 1 heterocycles. The summed E-state index contributed by atoms with van der Waals surface area (Å²) in [6.07, 6.45) is 1.87. The summed E-state index contributed by atoms with van der Waals surface area (Å²) < 4.78 is 6.35. The monoisotopic (exact) mass is 332 g/mol. The molecule has 4 nitrogen and oxygen atoms in total. The fourth-order valence-corrected chi connectivity index (χ4v) is 3.25. The predicted octanol–water partition coefficient (Wildman–Crippen LogP) is 4.06. The molecular formula is C18H28N2O2Si. The van der Waals surface area contributed by atoms with Crippen LogP contribution in [0.5, 0.6) is 0 Å². The van der Waals surface area contributed by atoms with Crippen LogP contribution in [0.25, 0.3) is 5.57 Å². The average Bonchev–Trinajstić information content (AvgIpc) is 2.71. The maximum absolute atomic E-state index is 12.2. The minimum absolute atomic E-state index is 0.0477. The zero-order chi connectivity index (χ0) is 17.4. The van der Waals surface area contributed by atoms with Gasteiger partial charge in [-0.2, -0.15) is 0 Å². The lowest BCUT2D eigenvalue weighted by atomic mass is 10.0. The summed E-state index contributed by atoms with van der Waals surface area (Å²) in [4.78, 5) is 14.1. The largest absolute Gasteiger partial charge is 0.413 e. The van der Waals surface area contributed by atoms with Gasteiger partial charge in [0.05, 0.1) is 12.2 Å². The molecule has 0 aromatic heterocycles. The van der Waals surface area contributed by atoms with E-state index in [1.165, 1.54) is 0 Å². The first kappa shape index (κ1) is 17.8. The lowest BCUT2D eigenvalue weighted by Gasteiger charge is -2.36. The molecule has 1 aromatic carbocycles. The van der Waals surface area contributed by atoms with Crippen LogP contribution in [0.1, 0.15) is 31.9 Å². The number of fused-ring (bicyclic) bond motifs is 1. The van der Waals surface area contributed by atoms with Gasteiger partial charge in [0.2, 0.25) is 0 Å². The Bertz CT molecular complexity index is 643. The third kappa shape index (κ3) is 3.67. The van der Waals surface area contributed by atoms with E-state index in [-0.39, 0.29) is 10.9 Å². The molecule has 0 aliphatic carbocycles. The highest BCUT2D eigenvalue weighted by Crippen LogP contribution is 2.39. The molecule has 0 bridgehead atoms. The number of hydrogen-bond acceptors (Lipinski definition) is 3. The Kier molecular flexibility index (Phi) is 4.73. The van der Waals surface area contributed by atoms with Crippen LogP contribution in [-0.4, -0.2) is 33.2 Å². The van der Waals surface area contributed by atoms with Gasteiger partial charge >= 0.3 is 0 Å². The fraction of sp³-hybridized carbons (Fsp3) is 0.500. The van der Waals surface area contributed by atoms with Gasteiger partial charge < -0.3 is 14.6 Å². The Hall–Kier alpha value is -1.59. The second-order valence-electron chi connectivity index (χ2n) is 7.85. The first-order chi connectivity index (χ1) is 10.5. The number of anilines is 1. The SMILES string of the molecule is CN(C)C=C1C(=O)Nc2cccc(CO[Si](C)(C)C(C)(C)C)c21. The van der Waals surface area contributed by atoms with Gasteiger partial charge in [-0.1, -0.05) is 32.9 Å². The molecule has 2 rings (SSSR count). The minimum atomic E-state index is -1.83. The number of amides is 1. The Morgan fingerprint density at radius 3 is 2.48 bits per heavy atom. The van der Waals surface area contributed by atoms with Crippen LogP contribution in [-0.2, 0) is 15.8 Å². The van der Waals surface area contributed by atoms with Crippen molar-refractivity contribution in [3.8, 4) is 0 Å². The Morgan fingerprint density at radius 2 is 1.91 bits per heavy atom.